The van der Waals surface area contributed by atoms with E-state index in [1.807, 2.05) is 16.7 Å². The van der Waals surface area contributed by atoms with E-state index in [0.29, 0.717) is 49.6 Å². The number of amides is 1. The van der Waals surface area contributed by atoms with Gasteiger partial charge in [0, 0.05) is 22.6 Å². The fraction of sp³-hybridized carbons (Fsp3) is 0.0952. The number of fused-ring (bicyclic) bond motifs is 1. The van der Waals surface area contributed by atoms with E-state index in [1.165, 1.54) is 11.8 Å². The van der Waals surface area contributed by atoms with Crippen LogP contribution in [0, 0.1) is 0 Å². The highest BCUT2D eigenvalue weighted by Gasteiger charge is 2.18. The minimum Gasteiger partial charge on any atom is -0.453 e. The summed E-state index contributed by atoms with van der Waals surface area (Å²) in [5, 5.41) is 14.1. The lowest BCUT2D eigenvalue weighted by molar-refractivity contribution is -0.113. The zero-order chi connectivity index (χ0) is 22.0. The fourth-order valence-corrected chi connectivity index (χ4v) is 4.12. The Labute approximate surface area is 197 Å². The molecule has 0 aliphatic carbocycles. The molecule has 0 atom stereocenters. The number of hydrogen-bond acceptors (Lipinski definition) is 5. The Morgan fingerprint density at radius 1 is 1.13 bits per heavy atom. The Morgan fingerprint density at radius 3 is 2.74 bits per heavy atom. The van der Waals surface area contributed by atoms with Gasteiger partial charge in [0.1, 0.15) is 5.58 Å². The Balaban J connectivity index is 1.52. The van der Waals surface area contributed by atoms with E-state index in [9.17, 15) is 4.79 Å². The summed E-state index contributed by atoms with van der Waals surface area (Å²) < 4.78 is 7.74. The molecule has 2 aromatic heterocycles. The van der Waals surface area contributed by atoms with Gasteiger partial charge in [-0.3, -0.25) is 9.36 Å². The van der Waals surface area contributed by atoms with E-state index < -0.39 is 0 Å². The van der Waals surface area contributed by atoms with Gasteiger partial charge in [-0.05, 0) is 42.5 Å². The van der Waals surface area contributed by atoms with Crippen LogP contribution in [0.5, 0.6) is 0 Å². The van der Waals surface area contributed by atoms with Crippen molar-refractivity contribution in [1.29, 1.82) is 0 Å². The third-order valence-corrected chi connectivity index (χ3v) is 6.20. The molecular weight excluding hydrogens is 479 g/mol. The Hall–Kier alpha value is -2.45. The summed E-state index contributed by atoms with van der Waals surface area (Å²) >= 11 is 19.2. The van der Waals surface area contributed by atoms with Gasteiger partial charge in [-0.2, -0.15) is 0 Å². The summed E-state index contributed by atoms with van der Waals surface area (Å²) in [7, 11) is 0. The zero-order valence-electron chi connectivity index (χ0n) is 15.9. The van der Waals surface area contributed by atoms with E-state index in [2.05, 4.69) is 22.1 Å². The van der Waals surface area contributed by atoms with Gasteiger partial charge in [-0.25, -0.2) is 0 Å². The molecule has 31 heavy (non-hydrogen) atoms. The smallest absolute Gasteiger partial charge is 0.234 e. The minimum atomic E-state index is -0.212. The first-order valence-corrected chi connectivity index (χ1v) is 11.2. The van der Waals surface area contributed by atoms with Crippen molar-refractivity contribution in [3.8, 4) is 11.6 Å². The lowest BCUT2D eigenvalue weighted by Gasteiger charge is -2.07. The molecule has 2 heterocycles. The summed E-state index contributed by atoms with van der Waals surface area (Å²) in [6, 6.07) is 12.1. The second-order valence-corrected chi connectivity index (χ2v) is 8.66. The quantitative estimate of drug-likeness (QED) is 0.233. The van der Waals surface area contributed by atoms with Crippen molar-refractivity contribution in [3.05, 3.63) is 70.2 Å². The number of furan rings is 1. The molecule has 158 valence electrons. The highest BCUT2D eigenvalue weighted by Crippen LogP contribution is 2.31. The number of aromatic nitrogens is 3. The Kier molecular flexibility index (Phi) is 6.57. The van der Waals surface area contributed by atoms with Crippen LogP contribution in [0.2, 0.25) is 15.1 Å². The van der Waals surface area contributed by atoms with E-state index in [0.717, 1.165) is 5.39 Å². The van der Waals surface area contributed by atoms with Crippen LogP contribution >= 0.6 is 46.6 Å². The number of benzene rings is 2. The first kappa shape index (κ1) is 21.8. The lowest BCUT2D eigenvalue weighted by Crippen LogP contribution is -2.14. The normalized spacial score (nSPS) is 11.1. The lowest BCUT2D eigenvalue weighted by atomic mass is 10.2. The van der Waals surface area contributed by atoms with Crippen molar-refractivity contribution in [2.75, 3.05) is 11.1 Å². The molecule has 0 fully saturated rings. The minimum absolute atomic E-state index is 0.130. The summed E-state index contributed by atoms with van der Waals surface area (Å²) in [5.74, 6) is 1.01. The van der Waals surface area contributed by atoms with Crippen LogP contribution in [-0.2, 0) is 11.3 Å². The van der Waals surface area contributed by atoms with Crippen molar-refractivity contribution in [3.63, 3.8) is 0 Å². The summed E-state index contributed by atoms with van der Waals surface area (Å²) in [6.45, 7) is 4.25. The number of allylic oxidation sites excluding steroid dienone is 1. The van der Waals surface area contributed by atoms with Crippen LogP contribution in [0.15, 0.2) is 64.7 Å². The van der Waals surface area contributed by atoms with E-state index in [-0.39, 0.29) is 11.7 Å². The maximum Gasteiger partial charge on any atom is 0.234 e. The molecule has 0 aliphatic rings. The molecule has 0 spiro atoms. The summed E-state index contributed by atoms with van der Waals surface area (Å²) in [4.78, 5) is 12.4. The maximum absolute atomic E-state index is 12.4. The molecule has 0 radical (unpaired) electrons. The number of rotatable bonds is 7. The van der Waals surface area contributed by atoms with Gasteiger partial charge >= 0.3 is 0 Å². The van der Waals surface area contributed by atoms with E-state index in [1.54, 1.807) is 36.4 Å². The standard InChI is InChI=1S/C21H15Cl3N4O2S/c1-2-7-28-20(18-9-12-8-13(22)3-6-17(12)30-18)26-27-21(28)31-11-19(29)25-14-4-5-15(23)16(24)10-14/h2-6,8-10H,1,7,11H2,(H,25,29). The van der Waals surface area contributed by atoms with Crippen molar-refractivity contribution in [1.82, 2.24) is 14.8 Å². The Morgan fingerprint density at radius 2 is 1.97 bits per heavy atom. The fourth-order valence-electron chi connectivity index (χ4n) is 2.90. The molecule has 1 N–H and O–H groups in total. The predicted molar refractivity (Wildman–Crippen MR) is 126 cm³/mol. The van der Waals surface area contributed by atoms with Crippen LogP contribution in [0.25, 0.3) is 22.6 Å². The zero-order valence-corrected chi connectivity index (χ0v) is 19.0. The number of carbonyl (C=O) groups excluding carboxylic acids is 1. The van der Waals surface area contributed by atoms with Crippen molar-refractivity contribution >= 4 is 69.1 Å². The van der Waals surface area contributed by atoms with Gasteiger partial charge in [0.2, 0.25) is 11.7 Å². The molecule has 0 saturated heterocycles. The highest BCUT2D eigenvalue weighted by atomic mass is 35.5. The van der Waals surface area contributed by atoms with E-state index >= 15 is 0 Å². The van der Waals surface area contributed by atoms with Crippen LogP contribution in [0.4, 0.5) is 5.69 Å². The largest absolute Gasteiger partial charge is 0.453 e. The molecule has 0 saturated carbocycles. The van der Waals surface area contributed by atoms with Crippen LogP contribution < -0.4 is 5.32 Å². The molecule has 1 amide bonds. The highest BCUT2D eigenvalue weighted by molar-refractivity contribution is 7.99. The monoisotopic (exact) mass is 492 g/mol. The number of anilines is 1. The van der Waals surface area contributed by atoms with Gasteiger partial charge in [-0.15, -0.1) is 16.8 Å². The second kappa shape index (κ2) is 9.36. The third kappa shape index (κ3) is 4.91. The molecular formula is C21H15Cl3N4O2S. The van der Waals surface area contributed by atoms with Gasteiger partial charge < -0.3 is 9.73 Å². The summed E-state index contributed by atoms with van der Waals surface area (Å²) in [5.41, 5.74) is 1.26. The maximum atomic E-state index is 12.4. The summed E-state index contributed by atoms with van der Waals surface area (Å²) in [6.07, 6.45) is 1.73. The van der Waals surface area contributed by atoms with Crippen LogP contribution in [-0.4, -0.2) is 26.4 Å². The first-order chi connectivity index (χ1) is 14.9. The molecule has 10 heteroatoms. The second-order valence-electron chi connectivity index (χ2n) is 6.46. The molecule has 4 aromatic rings. The average Bonchev–Trinajstić information content (AvgIpc) is 3.33. The SMILES string of the molecule is C=CCn1c(SCC(=O)Nc2ccc(Cl)c(Cl)c2)nnc1-c1cc2cc(Cl)ccc2o1. The average molecular weight is 494 g/mol. The number of hydrogen-bond donors (Lipinski definition) is 1. The Bertz CT molecular complexity index is 1290. The molecule has 0 unspecified atom stereocenters. The van der Waals surface area contributed by atoms with Crippen molar-refractivity contribution in [2.24, 2.45) is 0 Å². The molecule has 0 aliphatic heterocycles. The van der Waals surface area contributed by atoms with Gasteiger partial charge in [0.15, 0.2) is 10.9 Å². The van der Waals surface area contributed by atoms with Gasteiger partial charge in [-0.1, -0.05) is 52.6 Å². The van der Waals surface area contributed by atoms with Crippen LogP contribution in [0.3, 0.4) is 0 Å². The molecule has 2 aromatic carbocycles. The number of thioether (sulfide) groups is 1. The van der Waals surface area contributed by atoms with Crippen molar-refractivity contribution < 1.29 is 9.21 Å². The van der Waals surface area contributed by atoms with Gasteiger partial charge in [0.25, 0.3) is 0 Å². The first-order valence-electron chi connectivity index (χ1n) is 9.06. The molecule has 6 nitrogen and oxygen atoms in total. The predicted octanol–water partition coefficient (Wildman–Crippen LogP) is 6.57. The van der Waals surface area contributed by atoms with Crippen molar-refractivity contribution in [2.45, 2.75) is 11.7 Å². The number of nitrogens with zero attached hydrogens (tertiary/aromatic N) is 3. The number of nitrogens with one attached hydrogen (secondary N) is 1. The van der Waals surface area contributed by atoms with Crippen LogP contribution in [0.1, 0.15) is 0 Å². The molecule has 4 rings (SSSR count). The van der Waals surface area contributed by atoms with E-state index in [4.69, 9.17) is 39.2 Å². The molecule has 0 bridgehead atoms. The third-order valence-electron chi connectivity index (χ3n) is 4.26. The topological polar surface area (TPSA) is 73.0 Å². The number of carbonyl (C=O) groups is 1. The van der Waals surface area contributed by atoms with Gasteiger partial charge in [0.05, 0.1) is 15.8 Å². The number of halogens is 3.